The first-order chi connectivity index (χ1) is 11.1. The zero-order chi connectivity index (χ0) is 16.7. The van der Waals surface area contributed by atoms with E-state index in [1.54, 1.807) is 0 Å². The molecule has 5 heteroatoms. The summed E-state index contributed by atoms with van der Waals surface area (Å²) in [7, 11) is 0. The predicted molar refractivity (Wildman–Crippen MR) is 92.9 cm³/mol. The highest BCUT2D eigenvalue weighted by Gasteiger charge is 2.26. The molecule has 2 N–H and O–H groups in total. The largest absolute Gasteiger partial charge is 0.494 e. The molecule has 1 amide bonds. The van der Waals surface area contributed by atoms with Crippen LogP contribution in [0.15, 0.2) is 24.0 Å². The third-order valence-electron chi connectivity index (χ3n) is 4.54. The van der Waals surface area contributed by atoms with Crippen LogP contribution < -0.4 is 5.73 Å². The topological polar surface area (TPSA) is 58.8 Å². The number of carbonyl (C=O) groups is 1. The first-order valence-electron chi connectivity index (χ1n) is 8.84. The second kappa shape index (κ2) is 9.08. The van der Waals surface area contributed by atoms with Crippen molar-refractivity contribution in [3.05, 3.63) is 24.0 Å². The van der Waals surface area contributed by atoms with E-state index in [1.165, 1.54) is 0 Å². The summed E-state index contributed by atoms with van der Waals surface area (Å²) in [4.78, 5) is 16.5. The molecule has 1 aliphatic heterocycles. The fraction of sp³-hybridized carbons (Fsp3) is 0.722. The quantitative estimate of drug-likeness (QED) is 0.726. The fourth-order valence-electron chi connectivity index (χ4n) is 2.86. The van der Waals surface area contributed by atoms with E-state index in [9.17, 15) is 4.79 Å². The van der Waals surface area contributed by atoms with E-state index in [-0.39, 0.29) is 17.9 Å². The zero-order valence-corrected chi connectivity index (χ0v) is 14.5. The van der Waals surface area contributed by atoms with E-state index < -0.39 is 0 Å². The van der Waals surface area contributed by atoms with Crippen molar-refractivity contribution >= 4 is 5.91 Å². The van der Waals surface area contributed by atoms with E-state index >= 15 is 0 Å². The highest BCUT2D eigenvalue weighted by molar-refractivity contribution is 5.82. The number of ether oxygens (including phenoxy) is 1. The summed E-state index contributed by atoms with van der Waals surface area (Å²) in [5.74, 6) is 1.30. The van der Waals surface area contributed by atoms with Crippen molar-refractivity contribution in [2.75, 3.05) is 39.3 Å². The Morgan fingerprint density at radius 2 is 2.00 bits per heavy atom. The third kappa shape index (κ3) is 5.66. The molecule has 1 atom stereocenters. The Morgan fingerprint density at radius 3 is 2.61 bits per heavy atom. The lowest BCUT2D eigenvalue weighted by Crippen LogP contribution is -2.54. The summed E-state index contributed by atoms with van der Waals surface area (Å²) >= 11 is 0. The van der Waals surface area contributed by atoms with Crippen molar-refractivity contribution in [1.82, 2.24) is 9.80 Å². The molecule has 0 saturated carbocycles. The number of hydrogen-bond donors (Lipinski definition) is 1. The second-order valence-corrected chi connectivity index (χ2v) is 6.72. The van der Waals surface area contributed by atoms with Gasteiger partial charge in [-0.15, -0.1) is 0 Å². The number of amides is 1. The van der Waals surface area contributed by atoms with Gasteiger partial charge in [0.25, 0.3) is 0 Å². The highest BCUT2D eigenvalue weighted by Crippen LogP contribution is 2.12. The number of rotatable bonds is 7. The fourth-order valence-corrected chi connectivity index (χ4v) is 2.86. The average molecular weight is 321 g/mol. The molecule has 1 heterocycles. The van der Waals surface area contributed by atoms with Crippen molar-refractivity contribution < 1.29 is 9.53 Å². The summed E-state index contributed by atoms with van der Waals surface area (Å²) in [5.41, 5.74) is 5.96. The van der Waals surface area contributed by atoms with E-state index in [4.69, 9.17) is 10.5 Å². The number of carbonyl (C=O) groups excluding carboxylic acids is 1. The van der Waals surface area contributed by atoms with Gasteiger partial charge in [0.05, 0.1) is 12.6 Å². The number of nitrogens with two attached hydrogens (primary N) is 1. The highest BCUT2D eigenvalue weighted by atomic mass is 16.5. The molecule has 0 aromatic rings. The van der Waals surface area contributed by atoms with Crippen LogP contribution in [0.2, 0.25) is 0 Å². The van der Waals surface area contributed by atoms with E-state index in [1.807, 2.05) is 18.7 Å². The van der Waals surface area contributed by atoms with Gasteiger partial charge < -0.3 is 15.4 Å². The molecule has 0 spiro atoms. The molecular formula is C18H31N3O2. The van der Waals surface area contributed by atoms with Gasteiger partial charge in [0.1, 0.15) is 5.76 Å². The Morgan fingerprint density at radius 1 is 1.26 bits per heavy atom. The maximum absolute atomic E-state index is 12.2. The van der Waals surface area contributed by atoms with Crippen LogP contribution in [0.25, 0.3) is 0 Å². The minimum atomic E-state index is -0.369. The van der Waals surface area contributed by atoms with Crippen LogP contribution >= 0.6 is 0 Å². The molecular weight excluding hydrogens is 290 g/mol. The van der Waals surface area contributed by atoms with E-state index in [0.29, 0.717) is 0 Å². The molecule has 2 rings (SSSR count). The molecule has 2 aliphatic rings. The Kier molecular flexibility index (Phi) is 7.12. The number of nitrogens with zero attached hydrogens (tertiary/aromatic N) is 2. The van der Waals surface area contributed by atoms with Gasteiger partial charge >= 0.3 is 0 Å². The molecule has 1 saturated heterocycles. The maximum atomic E-state index is 12.2. The van der Waals surface area contributed by atoms with Crippen molar-refractivity contribution in [2.24, 2.45) is 11.7 Å². The SMILES string of the molecule is CC(C)[C@H](N)C(=O)N1CCN(CCCOC2=CCCC=C2)CC1. The van der Waals surface area contributed by atoms with Crippen molar-refractivity contribution in [1.29, 1.82) is 0 Å². The van der Waals surface area contributed by atoms with Gasteiger partial charge in [0.15, 0.2) is 0 Å². The minimum absolute atomic E-state index is 0.0963. The molecule has 1 aliphatic carbocycles. The Labute approximate surface area is 140 Å². The Bertz CT molecular complexity index is 438. The predicted octanol–water partition coefficient (Wildman–Crippen LogP) is 1.75. The molecule has 23 heavy (non-hydrogen) atoms. The van der Waals surface area contributed by atoms with Crippen LogP contribution in [0.4, 0.5) is 0 Å². The molecule has 1 fully saturated rings. The van der Waals surface area contributed by atoms with Crippen LogP contribution in [0.3, 0.4) is 0 Å². The van der Waals surface area contributed by atoms with Crippen molar-refractivity contribution in [3.63, 3.8) is 0 Å². The normalized spacial score (nSPS) is 20.5. The van der Waals surface area contributed by atoms with Gasteiger partial charge in [-0.25, -0.2) is 0 Å². The lowest BCUT2D eigenvalue weighted by Gasteiger charge is -2.36. The Balaban J connectivity index is 1.60. The Hall–Kier alpha value is -1.33. The minimum Gasteiger partial charge on any atom is -0.494 e. The molecule has 0 aromatic heterocycles. The third-order valence-corrected chi connectivity index (χ3v) is 4.54. The van der Waals surface area contributed by atoms with Gasteiger partial charge in [0.2, 0.25) is 5.91 Å². The molecule has 5 nitrogen and oxygen atoms in total. The van der Waals surface area contributed by atoms with Crippen molar-refractivity contribution in [2.45, 2.75) is 39.2 Å². The zero-order valence-electron chi connectivity index (χ0n) is 14.5. The first-order valence-corrected chi connectivity index (χ1v) is 8.84. The lowest BCUT2D eigenvalue weighted by molar-refractivity contribution is -0.135. The first kappa shape index (κ1) is 18.0. The summed E-state index contributed by atoms with van der Waals surface area (Å²) in [6.45, 7) is 9.20. The van der Waals surface area contributed by atoms with Crippen LogP contribution in [-0.4, -0.2) is 61.1 Å². The van der Waals surface area contributed by atoms with Crippen LogP contribution in [0, 0.1) is 5.92 Å². The van der Waals surface area contributed by atoms with Crippen LogP contribution in [0.5, 0.6) is 0 Å². The van der Waals surface area contributed by atoms with Gasteiger partial charge in [-0.3, -0.25) is 9.69 Å². The monoisotopic (exact) mass is 321 g/mol. The smallest absolute Gasteiger partial charge is 0.239 e. The van der Waals surface area contributed by atoms with Gasteiger partial charge in [-0.2, -0.15) is 0 Å². The van der Waals surface area contributed by atoms with Crippen LogP contribution in [0.1, 0.15) is 33.1 Å². The molecule has 0 aromatic carbocycles. The van der Waals surface area contributed by atoms with Gasteiger partial charge in [-0.05, 0) is 37.3 Å². The summed E-state index contributed by atoms with van der Waals surface area (Å²) in [6, 6.07) is -0.369. The van der Waals surface area contributed by atoms with E-state index in [0.717, 1.165) is 64.4 Å². The standard InChI is InChI=1S/C18H31N3O2/c1-15(2)17(19)18(22)21-12-10-20(11-13-21)9-6-14-23-16-7-4-3-5-8-16/h4,7-8,15,17H,3,5-6,9-14,19H2,1-2H3/t17-/m0/s1. The number of allylic oxidation sites excluding steroid dienone is 3. The summed E-state index contributed by atoms with van der Waals surface area (Å²) in [5, 5.41) is 0. The van der Waals surface area contributed by atoms with Crippen molar-refractivity contribution in [3.8, 4) is 0 Å². The molecule has 0 radical (unpaired) electrons. The molecule has 130 valence electrons. The number of piperazine rings is 1. The van der Waals surface area contributed by atoms with Gasteiger partial charge in [0, 0.05) is 32.7 Å². The van der Waals surface area contributed by atoms with Crippen LogP contribution in [-0.2, 0) is 9.53 Å². The summed E-state index contributed by atoms with van der Waals surface area (Å²) in [6.07, 6.45) is 9.60. The lowest BCUT2D eigenvalue weighted by atomic mass is 10.0. The van der Waals surface area contributed by atoms with E-state index in [2.05, 4.69) is 23.1 Å². The molecule has 0 unspecified atom stereocenters. The maximum Gasteiger partial charge on any atom is 0.239 e. The van der Waals surface area contributed by atoms with Gasteiger partial charge in [-0.1, -0.05) is 19.9 Å². The summed E-state index contributed by atoms with van der Waals surface area (Å²) < 4.78 is 5.76. The average Bonchev–Trinajstić information content (AvgIpc) is 2.59. The second-order valence-electron chi connectivity index (χ2n) is 6.72. The number of hydrogen-bond acceptors (Lipinski definition) is 4. The molecule has 0 bridgehead atoms.